The summed E-state index contributed by atoms with van der Waals surface area (Å²) < 4.78 is 34.9. The lowest BCUT2D eigenvalue weighted by Gasteiger charge is -2.24. The second kappa shape index (κ2) is 43.5. The minimum absolute atomic E-state index is 0.0650. The third-order valence-corrected chi connectivity index (χ3v) is 10.0. The van der Waals surface area contributed by atoms with Crippen molar-refractivity contribution in [3.8, 4) is 0 Å². The van der Waals surface area contributed by atoms with Crippen molar-refractivity contribution in [3.63, 3.8) is 0 Å². The Hall–Kier alpha value is -3.10. The van der Waals surface area contributed by atoms with Crippen molar-refractivity contribution in [3.05, 3.63) is 122 Å². The lowest BCUT2D eigenvalue weighted by Crippen LogP contribution is -2.37. The Labute approximate surface area is 373 Å². The average Bonchev–Trinajstić information content (AvgIpc) is 3.22. The molecule has 1 N–H and O–H groups in total. The van der Waals surface area contributed by atoms with Crippen LogP contribution in [-0.2, 0) is 27.9 Å². The van der Waals surface area contributed by atoms with E-state index in [0.29, 0.717) is 24.1 Å². The van der Waals surface area contributed by atoms with Crippen molar-refractivity contribution in [2.45, 2.75) is 148 Å². The number of nitrogens with zero attached hydrogens (tertiary/aromatic N) is 1. The van der Waals surface area contributed by atoms with Crippen molar-refractivity contribution in [1.29, 1.82) is 0 Å². The van der Waals surface area contributed by atoms with Crippen LogP contribution in [0.15, 0.2) is 122 Å². The van der Waals surface area contributed by atoms with Crippen LogP contribution in [0.2, 0.25) is 0 Å². The number of ether oxygens (including phenoxy) is 2. The van der Waals surface area contributed by atoms with Crippen molar-refractivity contribution >= 4 is 13.8 Å². The monoisotopic (exact) mass is 869 g/mol. The van der Waals surface area contributed by atoms with Crippen LogP contribution >= 0.6 is 7.82 Å². The number of quaternary nitrogens is 1. The van der Waals surface area contributed by atoms with Crippen LogP contribution in [0.3, 0.4) is 0 Å². The van der Waals surface area contributed by atoms with Crippen LogP contribution in [0.5, 0.6) is 0 Å². The summed E-state index contributed by atoms with van der Waals surface area (Å²) >= 11 is 0. The molecule has 0 amide bonds. The molecular weight excluding hydrogens is 782 g/mol. The standard InChI is InChI=1S/C52H86NO7P/c1-6-8-10-12-14-16-18-20-22-24-26-28-30-32-34-36-38-40-42-44-47-57-49-51(50-59-61(55,56)58-48-46-53(3,4)5)60-52(54)45-43-41-39-37-35-33-31-29-27-25-23-21-19-17-15-13-11-9-7-2/h8-11,14-17,20-23,26-29,33,35,39,41,51H,6-7,12-13,18-19,24-25,30-32,34,36-38,40,42-50H2,1-5H3/p+1/b10-8-,11-9-,16-14-,17-15-,22-20-,23-21-,28-26-,29-27-,35-33-,41-39-. The number of carbonyl (C=O) groups is 1. The Morgan fingerprint density at radius 2 is 0.902 bits per heavy atom. The number of likely N-dealkylation sites (N-methyl/N-ethyl adjacent to an activating group) is 1. The molecule has 0 fully saturated rings. The molecule has 0 saturated heterocycles. The largest absolute Gasteiger partial charge is 0.472 e. The molecule has 0 aliphatic heterocycles. The molecule has 0 aromatic carbocycles. The first-order valence-corrected chi connectivity index (χ1v) is 24.8. The summed E-state index contributed by atoms with van der Waals surface area (Å²) in [6.45, 7) is 5.23. The van der Waals surface area contributed by atoms with E-state index < -0.39 is 19.9 Å². The first kappa shape index (κ1) is 57.9. The molecule has 0 spiro atoms. The molecule has 0 rings (SSSR count). The predicted octanol–water partition coefficient (Wildman–Crippen LogP) is 14.2. The van der Waals surface area contributed by atoms with Gasteiger partial charge in [-0.3, -0.25) is 13.8 Å². The van der Waals surface area contributed by atoms with Gasteiger partial charge in [-0.1, -0.05) is 167 Å². The summed E-state index contributed by atoms with van der Waals surface area (Å²) in [6.07, 6.45) is 62.5. The Balaban J connectivity index is 4.38. The minimum atomic E-state index is -4.31. The molecular formula is C52H87NO7P+. The first-order chi connectivity index (χ1) is 29.6. The van der Waals surface area contributed by atoms with Crippen LogP contribution in [0.4, 0.5) is 0 Å². The lowest BCUT2D eigenvalue weighted by molar-refractivity contribution is -0.870. The highest BCUT2D eigenvalue weighted by Gasteiger charge is 2.26. The van der Waals surface area contributed by atoms with Gasteiger partial charge in [0.15, 0.2) is 0 Å². The van der Waals surface area contributed by atoms with Gasteiger partial charge in [-0.25, -0.2) is 4.57 Å². The van der Waals surface area contributed by atoms with Crippen LogP contribution in [0.1, 0.15) is 142 Å². The zero-order chi connectivity index (χ0) is 44.8. The lowest BCUT2D eigenvalue weighted by atomic mass is 10.1. The number of phosphoric ester groups is 1. The summed E-state index contributed by atoms with van der Waals surface area (Å²) in [4.78, 5) is 22.9. The molecule has 0 saturated carbocycles. The predicted molar refractivity (Wildman–Crippen MR) is 260 cm³/mol. The summed E-state index contributed by atoms with van der Waals surface area (Å²) in [5, 5.41) is 0. The number of hydrogen-bond acceptors (Lipinski definition) is 6. The zero-order valence-corrected chi connectivity index (χ0v) is 40.0. The maximum Gasteiger partial charge on any atom is 0.472 e. The molecule has 9 heteroatoms. The van der Waals surface area contributed by atoms with Crippen LogP contribution in [-0.4, -0.2) is 75.6 Å². The van der Waals surface area contributed by atoms with Crippen LogP contribution in [0.25, 0.3) is 0 Å². The quantitative estimate of drug-likeness (QED) is 0.0215. The SMILES string of the molecule is CC/C=C\C/C=C\C/C=C\C/C=C\C/C=C\C/C=C\CCC(=O)OC(COCCCCCCCCC/C=C\C/C=C\C/C=C\C/C=C\CC)COP(=O)(O)OCC[N+](C)(C)C. The second-order valence-electron chi connectivity index (χ2n) is 16.0. The molecule has 0 aromatic heterocycles. The molecule has 0 radical (unpaired) electrons. The first-order valence-electron chi connectivity index (χ1n) is 23.3. The maximum absolute atomic E-state index is 12.7. The van der Waals surface area contributed by atoms with Gasteiger partial charge in [-0.05, 0) is 89.9 Å². The number of rotatable bonds is 41. The molecule has 0 heterocycles. The fourth-order valence-electron chi connectivity index (χ4n) is 5.51. The Morgan fingerprint density at radius 1 is 0.508 bits per heavy atom. The molecule has 2 unspecified atom stereocenters. The fourth-order valence-corrected chi connectivity index (χ4v) is 6.25. The second-order valence-corrected chi connectivity index (χ2v) is 17.5. The average molecular weight is 869 g/mol. The fraction of sp³-hybridized carbons (Fsp3) is 0.596. The van der Waals surface area contributed by atoms with Crippen LogP contribution < -0.4 is 0 Å². The van der Waals surface area contributed by atoms with E-state index in [1.165, 1.54) is 25.7 Å². The van der Waals surface area contributed by atoms with Gasteiger partial charge in [0.1, 0.15) is 19.3 Å². The van der Waals surface area contributed by atoms with Gasteiger partial charge in [0.25, 0.3) is 0 Å². The molecule has 0 aliphatic carbocycles. The van der Waals surface area contributed by atoms with Crippen molar-refractivity contribution in [1.82, 2.24) is 0 Å². The van der Waals surface area contributed by atoms with Gasteiger partial charge >= 0.3 is 13.8 Å². The number of hydrogen-bond donors (Lipinski definition) is 1. The van der Waals surface area contributed by atoms with Gasteiger partial charge in [0.05, 0.1) is 34.4 Å². The Morgan fingerprint density at radius 3 is 1.34 bits per heavy atom. The van der Waals surface area contributed by atoms with Gasteiger partial charge < -0.3 is 18.9 Å². The van der Waals surface area contributed by atoms with Crippen molar-refractivity contribution in [2.24, 2.45) is 0 Å². The number of esters is 1. The Kier molecular flexibility index (Phi) is 41.3. The smallest absolute Gasteiger partial charge is 0.457 e. The normalized spacial score (nSPS) is 14.8. The highest BCUT2D eigenvalue weighted by atomic mass is 31.2. The molecule has 61 heavy (non-hydrogen) atoms. The third-order valence-electron chi connectivity index (χ3n) is 9.03. The molecule has 0 bridgehead atoms. The molecule has 8 nitrogen and oxygen atoms in total. The third kappa shape index (κ3) is 47.8. The summed E-state index contributed by atoms with van der Waals surface area (Å²) in [7, 11) is 1.59. The van der Waals surface area contributed by atoms with Crippen molar-refractivity contribution in [2.75, 3.05) is 54.1 Å². The zero-order valence-electron chi connectivity index (χ0n) is 39.1. The molecule has 0 aliphatic rings. The summed E-state index contributed by atoms with van der Waals surface area (Å²) in [5.41, 5.74) is 0. The van der Waals surface area contributed by atoms with E-state index >= 15 is 0 Å². The van der Waals surface area contributed by atoms with E-state index in [9.17, 15) is 14.3 Å². The van der Waals surface area contributed by atoms with Crippen LogP contribution in [0, 0.1) is 0 Å². The minimum Gasteiger partial charge on any atom is -0.457 e. The molecule has 346 valence electrons. The summed E-state index contributed by atoms with van der Waals surface area (Å²) in [6, 6.07) is 0. The van der Waals surface area contributed by atoms with Crippen molar-refractivity contribution < 1.29 is 37.3 Å². The van der Waals surface area contributed by atoms with Gasteiger partial charge in [0.2, 0.25) is 0 Å². The van der Waals surface area contributed by atoms with E-state index in [2.05, 4.69) is 123 Å². The van der Waals surface area contributed by atoms with E-state index in [1.54, 1.807) is 0 Å². The van der Waals surface area contributed by atoms with E-state index in [-0.39, 0.29) is 26.2 Å². The topological polar surface area (TPSA) is 91.3 Å². The summed E-state index contributed by atoms with van der Waals surface area (Å²) in [5.74, 6) is -0.405. The highest BCUT2D eigenvalue weighted by molar-refractivity contribution is 7.47. The number of allylic oxidation sites excluding steroid dienone is 20. The van der Waals surface area contributed by atoms with Gasteiger partial charge in [-0.15, -0.1) is 0 Å². The maximum atomic E-state index is 12.7. The number of phosphoric acid groups is 1. The van der Waals surface area contributed by atoms with E-state index in [0.717, 1.165) is 89.9 Å². The number of carbonyl (C=O) groups excluding carboxylic acids is 1. The van der Waals surface area contributed by atoms with E-state index in [4.69, 9.17) is 18.5 Å². The van der Waals surface area contributed by atoms with Gasteiger partial charge in [0, 0.05) is 13.0 Å². The molecule has 0 aromatic rings. The van der Waals surface area contributed by atoms with E-state index in [1.807, 2.05) is 33.3 Å². The Bertz CT molecular complexity index is 1380. The molecule has 2 atom stereocenters. The van der Waals surface area contributed by atoms with Gasteiger partial charge in [-0.2, -0.15) is 0 Å². The number of unbranched alkanes of at least 4 members (excludes halogenated alkanes) is 7. The highest BCUT2D eigenvalue weighted by Crippen LogP contribution is 2.43.